The first-order chi connectivity index (χ1) is 10.5. The quantitative estimate of drug-likeness (QED) is 0.834. The van der Waals surface area contributed by atoms with Gasteiger partial charge in [0.25, 0.3) is 21.9 Å². The largest absolute Gasteiger partial charge is 0.366 e. The summed E-state index contributed by atoms with van der Waals surface area (Å²) in [5.41, 5.74) is 5.04. The lowest BCUT2D eigenvalue weighted by Gasteiger charge is -2.30. The molecule has 128 valence electrons. The highest BCUT2D eigenvalue weighted by molar-refractivity contribution is 7.91. The molecule has 7 nitrogen and oxygen atoms in total. The standard InChI is InChI=1S/C12H15F2N3O4S2/c1-7(18)16-11-8(10(15)19)6-9(22-11)23(20,21)17-4-2-12(13,14)3-5-17/h6H,2-5H2,1H3,(H2,15,19)(H,16,18). The lowest BCUT2D eigenvalue weighted by molar-refractivity contribution is -0.114. The number of thiophene rings is 1. The second-order valence-electron chi connectivity index (χ2n) is 5.11. The molecule has 0 radical (unpaired) electrons. The molecule has 1 aromatic heterocycles. The number of amides is 2. The fourth-order valence-electron chi connectivity index (χ4n) is 2.11. The summed E-state index contributed by atoms with van der Waals surface area (Å²) >= 11 is 0.667. The van der Waals surface area contributed by atoms with Gasteiger partial charge in [-0.15, -0.1) is 11.3 Å². The van der Waals surface area contributed by atoms with Crippen LogP contribution in [-0.4, -0.2) is 43.5 Å². The number of carbonyl (C=O) groups excluding carboxylic acids is 2. The second kappa shape index (κ2) is 6.13. The number of anilines is 1. The van der Waals surface area contributed by atoms with Gasteiger partial charge in [0.15, 0.2) is 0 Å². The Morgan fingerprint density at radius 3 is 2.39 bits per heavy atom. The van der Waals surface area contributed by atoms with Crippen LogP contribution in [0, 0.1) is 0 Å². The number of primary amides is 1. The molecule has 2 rings (SSSR count). The fraction of sp³-hybridized carbons (Fsp3) is 0.500. The van der Waals surface area contributed by atoms with Crippen molar-refractivity contribution >= 4 is 38.2 Å². The summed E-state index contributed by atoms with van der Waals surface area (Å²) in [6, 6.07) is 1.06. The van der Waals surface area contributed by atoms with E-state index < -0.39 is 40.6 Å². The Kier molecular flexibility index (Phi) is 4.74. The number of carbonyl (C=O) groups is 2. The van der Waals surface area contributed by atoms with Gasteiger partial charge in [-0.2, -0.15) is 4.31 Å². The molecule has 0 atom stereocenters. The first kappa shape index (κ1) is 17.8. The van der Waals surface area contributed by atoms with Crippen LogP contribution in [0.1, 0.15) is 30.1 Å². The Hall–Kier alpha value is -1.59. The minimum atomic E-state index is -4.02. The highest BCUT2D eigenvalue weighted by atomic mass is 32.2. The Morgan fingerprint density at radius 2 is 1.91 bits per heavy atom. The second-order valence-corrected chi connectivity index (χ2v) is 8.33. The number of sulfonamides is 1. The smallest absolute Gasteiger partial charge is 0.252 e. The number of nitrogens with one attached hydrogen (secondary N) is 1. The van der Waals surface area contributed by atoms with E-state index >= 15 is 0 Å². The number of nitrogens with two attached hydrogens (primary N) is 1. The zero-order chi connectivity index (χ0) is 17.4. The van der Waals surface area contributed by atoms with Crippen molar-refractivity contribution in [2.24, 2.45) is 5.73 Å². The molecule has 1 aromatic rings. The van der Waals surface area contributed by atoms with Crippen molar-refractivity contribution in [2.45, 2.75) is 29.9 Å². The third-order valence-corrected chi connectivity index (χ3v) is 6.71. The highest BCUT2D eigenvalue weighted by Gasteiger charge is 2.39. The Balaban J connectivity index is 2.33. The van der Waals surface area contributed by atoms with E-state index in [1.54, 1.807) is 0 Å². The van der Waals surface area contributed by atoms with Crippen LogP contribution in [0.2, 0.25) is 0 Å². The van der Waals surface area contributed by atoms with Gasteiger partial charge < -0.3 is 11.1 Å². The normalized spacial score (nSPS) is 18.6. The van der Waals surface area contributed by atoms with E-state index in [-0.39, 0.29) is 27.9 Å². The number of piperidine rings is 1. The van der Waals surface area contributed by atoms with Crippen molar-refractivity contribution in [3.8, 4) is 0 Å². The Morgan fingerprint density at radius 1 is 1.35 bits per heavy atom. The van der Waals surface area contributed by atoms with Gasteiger partial charge >= 0.3 is 0 Å². The minimum Gasteiger partial charge on any atom is -0.366 e. The Bertz CT molecular complexity index is 735. The molecule has 3 N–H and O–H groups in total. The average Bonchev–Trinajstić information content (AvgIpc) is 2.82. The molecule has 1 aliphatic rings. The van der Waals surface area contributed by atoms with Crippen molar-refractivity contribution in [1.29, 1.82) is 0 Å². The van der Waals surface area contributed by atoms with Gasteiger partial charge in [0, 0.05) is 32.9 Å². The highest BCUT2D eigenvalue weighted by Crippen LogP contribution is 2.36. The fourth-order valence-corrected chi connectivity index (χ4v) is 5.13. The summed E-state index contributed by atoms with van der Waals surface area (Å²) in [6.07, 6.45) is -1.11. The van der Waals surface area contributed by atoms with E-state index in [4.69, 9.17) is 5.73 Å². The molecule has 0 aromatic carbocycles. The molecule has 1 saturated heterocycles. The number of alkyl halides is 2. The van der Waals surface area contributed by atoms with Crippen LogP contribution in [0.4, 0.5) is 13.8 Å². The predicted molar refractivity (Wildman–Crippen MR) is 80.1 cm³/mol. The first-order valence-electron chi connectivity index (χ1n) is 6.62. The molecule has 1 fully saturated rings. The summed E-state index contributed by atoms with van der Waals surface area (Å²) in [7, 11) is -4.02. The molecule has 2 heterocycles. The van der Waals surface area contributed by atoms with E-state index in [2.05, 4.69) is 5.32 Å². The molecule has 0 aliphatic carbocycles. The summed E-state index contributed by atoms with van der Waals surface area (Å²) in [5.74, 6) is -4.26. The summed E-state index contributed by atoms with van der Waals surface area (Å²) in [6.45, 7) is 0.578. The van der Waals surface area contributed by atoms with E-state index in [0.29, 0.717) is 11.3 Å². The van der Waals surface area contributed by atoms with Gasteiger partial charge in [-0.05, 0) is 6.07 Å². The molecule has 2 amide bonds. The van der Waals surface area contributed by atoms with Gasteiger partial charge in [-0.25, -0.2) is 17.2 Å². The molecule has 0 bridgehead atoms. The lowest BCUT2D eigenvalue weighted by atomic mass is 10.1. The van der Waals surface area contributed by atoms with Crippen molar-refractivity contribution in [1.82, 2.24) is 4.31 Å². The third kappa shape index (κ3) is 3.85. The van der Waals surface area contributed by atoms with Crippen LogP contribution in [0.5, 0.6) is 0 Å². The molecule has 0 unspecified atom stereocenters. The van der Waals surface area contributed by atoms with Crippen LogP contribution in [0.3, 0.4) is 0 Å². The van der Waals surface area contributed by atoms with Crippen LogP contribution in [0.25, 0.3) is 0 Å². The van der Waals surface area contributed by atoms with Crippen LogP contribution >= 0.6 is 11.3 Å². The van der Waals surface area contributed by atoms with Crippen molar-refractivity contribution < 1.29 is 26.8 Å². The summed E-state index contributed by atoms with van der Waals surface area (Å²) in [5, 5.41) is 2.36. The van der Waals surface area contributed by atoms with Gasteiger partial charge in [-0.1, -0.05) is 0 Å². The molecule has 0 spiro atoms. The summed E-state index contributed by atoms with van der Waals surface area (Å²) in [4.78, 5) is 22.5. The third-order valence-electron chi connectivity index (χ3n) is 3.31. The van der Waals surface area contributed by atoms with Gasteiger partial charge in [0.1, 0.15) is 9.21 Å². The number of hydrogen-bond acceptors (Lipinski definition) is 5. The molecule has 11 heteroatoms. The zero-order valence-electron chi connectivity index (χ0n) is 12.1. The van der Waals surface area contributed by atoms with Crippen LogP contribution in [-0.2, 0) is 14.8 Å². The number of rotatable bonds is 4. The topological polar surface area (TPSA) is 110 Å². The first-order valence-corrected chi connectivity index (χ1v) is 8.88. The van der Waals surface area contributed by atoms with Gasteiger partial charge in [0.05, 0.1) is 5.56 Å². The lowest BCUT2D eigenvalue weighted by Crippen LogP contribution is -2.42. The number of halogens is 2. The monoisotopic (exact) mass is 367 g/mol. The Labute approximate surface area is 135 Å². The van der Waals surface area contributed by atoms with E-state index in [1.807, 2.05) is 0 Å². The van der Waals surface area contributed by atoms with E-state index in [1.165, 1.54) is 6.92 Å². The van der Waals surface area contributed by atoms with Crippen LogP contribution < -0.4 is 11.1 Å². The molecule has 1 aliphatic heterocycles. The van der Waals surface area contributed by atoms with Crippen molar-refractivity contribution in [3.05, 3.63) is 11.6 Å². The van der Waals surface area contributed by atoms with Crippen molar-refractivity contribution in [3.63, 3.8) is 0 Å². The maximum absolute atomic E-state index is 13.2. The predicted octanol–water partition coefficient (Wildman–Crippen LogP) is 1.23. The van der Waals surface area contributed by atoms with Gasteiger partial charge in [0.2, 0.25) is 5.91 Å². The minimum absolute atomic E-state index is 0.0194. The maximum atomic E-state index is 13.2. The molecule has 23 heavy (non-hydrogen) atoms. The van der Waals surface area contributed by atoms with Crippen LogP contribution in [0.15, 0.2) is 10.3 Å². The average molecular weight is 367 g/mol. The van der Waals surface area contributed by atoms with Gasteiger partial charge in [-0.3, -0.25) is 9.59 Å². The SMILES string of the molecule is CC(=O)Nc1sc(S(=O)(=O)N2CCC(F)(F)CC2)cc1C(N)=O. The molecule has 0 saturated carbocycles. The molecular weight excluding hydrogens is 352 g/mol. The van der Waals surface area contributed by atoms with E-state index in [0.717, 1.165) is 10.4 Å². The van der Waals surface area contributed by atoms with Crippen molar-refractivity contribution in [2.75, 3.05) is 18.4 Å². The number of hydrogen-bond donors (Lipinski definition) is 2. The zero-order valence-corrected chi connectivity index (χ0v) is 13.8. The van der Waals surface area contributed by atoms with E-state index in [9.17, 15) is 26.8 Å². The summed E-state index contributed by atoms with van der Waals surface area (Å²) < 4.78 is 52.0. The maximum Gasteiger partial charge on any atom is 0.252 e. The number of nitrogens with zero attached hydrogens (tertiary/aromatic N) is 1. The molecular formula is C12H15F2N3O4S2.